The van der Waals surface area contributed by atoms with Crippen molar-refractivity contribution in [2.24, 2.45) is 0 Å². The molecule has 25 heavy (non-hydrogen) atoms. The van der Waals surface area contributed by atoms with Crippen LogP contribution in [0.2, 0.25) is 0 Å². The van der Waals surface area contributed by atoms with Gasteiger partial charge in [0, 0.05) is 32.9 Å². The summed E-state index contributed by atoms with van der Waals surface area (Å²) in [6.45, 7) is 5.60. The molecule has 7 nitrogen and oxygen atoms in total. The summed E-state index contributed by atoms with van der Waals surface area (Å²) in [5, 5.41) is 4.26. The maximum Gasteiger partial charge on any atom is 0.272 e. The molecule has 1 amide bonds. The van der Waals surface area contributed by atoms with E-state index in [1.54, 1.807) is 16.9 Å². The molecular formula is C18H25N5O2. The molecule has 0 bridgehead atoms. The highest BCUT2D eigenvalue weighted by Crippen LogP contribution is 2.24. The quantitative estimate of drug-likeness (QED) is 0.851. The third-order valence-electron chi connectivity index (χ3n) is 4.28. The number of pyridine rings is 1. The first-order chi connectivity index (χ1) is 12.0. The second kappa shape index (κ2) is 7.23. The standard InChI is InChI=1S/C18H25N5O2/c1-13(2)23-15(8-9-19-23)18(24)22-10-11-25-16(12-22)14-6-5-7-17(20-14)21(3)4/h5-9,13,16H,10-12H2,1-4H3. The highest BCUT2D eigenvalue weighted by atomic mass is 16.5. The van der Waals surface area contributed by atoms with E-state index < -0.39 is 0 Å². The minimum atomic E-state index is -0.215. The van der Waals surface area contributed by atoms with Crippen LogP contribution in [0, 0.1) is 0 Å². The normalized spacial score (nSPS) is 17.8. The number of morpholine rings is 1. The van der Waals surface area contributed by atoms with E-state index in [1.807, 2.05) is 55.9 Å². The largest absolute Gasteiger partial charge is 0.368 e. The van der Waals surface area contributed by atoms with Gasteiger partial charge in [0.25, 0.3) is 5.91 Å². The molecule has 1 aliphatic heterocycles. The van der Waals surface area contributed by atoms with E-state index in [-0.39, 0.29) is 18.1 Å². The molecule has 1 saturated heterocycles. The van der Waals surface area contributed by atoms with Gasteiger partial charge in [-0.25, -0.2) is 4.98 Å². The summed E-state index contributed by atoms with van der Waals surface area (Å²) in [5.74, 6) is 0.866. The number of carbonyl (C=O) groups excluding carboxylic acids is 1. The number of ether oxygens (including phenoxy) is 1. The average Bonchev–Trinajstić information content (AvgIpc) is 3.11. The van der Waals surface area contributed by atoms with Crippen molar-refractivity contribution >= 4 is 11.7 Å². The van der Waals surface area contributed by atoms with E-state index in [1.165, 1.54) is 0 Å². The zero-order valence-corrected chi connectivity index (χ0v) is 15.2. The molecule has 1 unspecified atom stereocenters. The monoisotopic (exact) mass is 343 g/mol. The van der Waals surface area contributed by atoms with Crippen LogP contribution >= 0.6 is 0 Å². The zero-order valence-electron chi connectivity index (χ0n) is 15.2. The Kier molecular flexibility index (Phi) is 5.03. The summed E-state index contributed by atoms with van der Waals surface area (Å²) in [7, 11) is 3.91. The fourth-order valence-corrected chi connectivity index (χ4v) is 2.94. The Balaban J connectivity index is 1.78. The molecule has 3 rings (SSSR count). The first-order valence-electron chi connectivity index (χ1n) is 8.56. The summed E-state index contributed by atoms with van der Waals surface area (Å²) < 4.78 is 7.64. The molecule has 0 radical (unpaired) electrons. The summed E-state index contributed by atoms with van der Waals surface area (Å²) >= 11 is 0. The van der Waals surface area contributed by atoms with E-state index in [9.17, 15) is 4.79 Å². The van der Waals surface area contributed by atoms with Crippen LogP contribution in [-0.4, -0.2) is 59.4 Å². The van der Waals surface area contributed by atoms with Gasteiger partial charge in [-0.2, -0.15) is 5.10 Å². The molecular weight excluding hydrogens is 318 g/mol. The van der Waals surface area contributed by atoms with Gasteiger partial charge in [-0.1, -0.05) is 6.07 Å². The van der Waals surface area contributed by atoms with E-state index in [2.05, 4.69) is 10.1 Å². The lowest BCUT2D eigenvalue weighted by molar-refractivity contribution is -0.0251. The third-order valence-corrected chi connectivity index (χ3v) is 4.28. The van der Waals surface area contributed by atoms with Gasteiger partial charge in [0.2, 0.25) is 0 Å². The average molecular weight is 343 g/mol. The molecule has 2 aromatic rings. The minimum absolute atomic E-state index is 0.0109. The third kappa shape index (κ3) is 3.66. The van der Waals surface area contributed by atoms with Gasteiger partial charge < -0.3 is 14.5 Å². The Hall–Kier alpha value is -2.41. The topological polar surface area (TPSA) is 63.5 Å². The van der Waals surface area contributed by atoms with Crippen molar-refractivity contribution in [3.8, 4) is 0 Å². The van der Waals surface area contributed by atoms with Crippen LogP contribution in [0.15, 0.2) is 30.5 Å². The first-order valence-corrected chi connectivity index (χ1v) is 8.56. The number of aromatic nitrogens is 3. The molecule has 0 aliphatic carbocycles. The number of hydrogen-bond acceptors (Lipinski definition) is 5. The van der Waals surface area contributed by atoms with Crippen LogP contribution in [0.1, 0.15) is 42.2 Å². The predicted molar refractivity (Wildman–Crippen MR) is 95.8 cm³/mol. The molecule has 2 aromatic heterocycles. The molecule has 0 N–H and O–H groups in total. The van der Waals surface area contributed by atoms with E-state index in [4.69, 9.17) is 4.74 Å². The number of rotatable bonds is 4. The van der Waals surface area contributed by atoms with Crippen LogP contribution in [0.5, 0.6) is 0 Å². The molecule has 3 heterocycles. The number of hydrogen-bond donors (Lipinski definition) is 0. The molecule has 1 fully saturated rings. The fourth-order valence-electron chi connectivity index (χ4n) is 2.94. The Morgan fingerprint density at radius 3 is 2.84 bits per heavy atom. The van der Waals surface area contributed by atoms with Gasteiger partial charge in [-0.15, -0.1) is 0 Å². The van der Waals surface area contributed by atoms with Gasteiger partial charge in [-0.3, -0.25) is 9.48 Å². The van der Waals surface area contributed by atoms with E-state index >= 15 is 0 Å². The van der Waals surface area contributed by atoms with Crippen LogP contribution < -0.4 is 4.90 Å². The molecule has 1 atom stereocenters. The van der Waals surface area contributed by atoms with Crippen LogP contribution in [0.4, 0.5) is 5.82 Å². The lowest BCUT2D eigenvalue weighted by Crippen LogP contribution is -2.43. The number of amides is 1. The predicted octanol–water partition coefficient (Wildman–Crippen LogP) is 2.14. The molecule has 134 valence electrons. The number of carbonyl (C=O) groups is 1. The molecule has 0 spiro atoms. The smallest absolute Gasteiger partial charge is 0.272 e. The summed E-state index contributed by atoms with van der Waals surface area (Å²) in [4.78, 5) is 21.3. The Morgan fingerprint density at radius 2 is 2.12 bits per heavy atom. The Morgan fingerprint density at radius 1 is 1.32 bits per heavy atom. The van der Waals surface area contributed by atoms with Crippen molar-refractivity contribution in [2.45, 2.75) is 26.0 Å². The lowest BCUT2D eigenvalue weighted by Gasteiger charge is -2.33. The van der Waals surface area contributed by atoms with Crippen molar-refractivity contribution in [1.82, 2.24) is 19.7 Å². The van der Waals surface area contributed by atoms with Gasteiger partial charge in [0.05, 0.1) is 18.8 Å². The van der Waals surface area contributed by atoms with Gasteiger partial charge in [0.15, 0.2) is 0 Å². The van der Waals surface area contributed by atoms with Crippen molar-refractivity contribution in [3.05, 3.63) is 41.9 Å². The molecule has 0 saturated carbocycles. The number of anilines is 1. The molecule has 1 aliphatic rings. The summed E-state index contributed by atoms with van der Waals surface area (Å²) in [5.41, 5.74) is 1.46. The zero-order chi connectivity index (χ0) is 18.0. The van der Waals surface area contributed by atoms with Crippen molar-refractivity contribution in [2.75, 3.05) is 38.7 Å². The summed E-state index contributed by atoms with van der Waals surface area (Å²) in [6, 6.07) is 7.79. The van der Waals surface area contributed by atoms with E-state index in [0.29, 0.717) is 25.4 Å². The van der Waals surface area contributed by atoms with E-state index in [0.717, 1.165) is 11.5 Å². The van der Waals surface area contributed by atoms with Gasteiger partial charge in [0.1, 0.15) is 17.6 Å². The SMILES string of the molecule is CC(C)n1nccc1C(=O)N1CCOC(c2cccc(N(C)C)n2)C1. The molecule has 7 heteroatoms. The Labute approximate surface area is 148 Å². The second-order valence-corrected chi connectivity index (χ2v) is 6.68. The van der Waals surface area contributed by atoms with Gasteiger partial charge in [-0.05, 0) is 32.0 Å². The van der Waals surface area contributed by atoms with Crippen molar-refractivity contribution in [3.63, 3.8) is 0 Å². The minimum Gasteiger partial charge on any atom is -0.368 e. The lowest BCUT2D eigenvalue weighted by atomic mass is 10.1. The van der Waals surface area contributed by atoms with Crippen molar-refractivity contribution < 1.29 is 9.53 Å². The van der Waals surface area contributed by atoms with Crippen LogP contribution in [0.25, 0.3) is 0 Å². The van der Waals surface area contributed by atoms with Crippen LogP contribution in [0.3, 0.4) is 0 Å². The van der Waals surface area contributed by atoms with Crippen molar-refractivity contribution in [1.29, 1.82) is 0 Å². The highest BCUT2D eigenvalue weighted by Gasteiger charge is 2.29. The Bertz CT molecular complexity index is 741. The molecule has 0 aromatic carbocycles. The highest BCUT2D eigenvalue weighted by molar-refractivity contribution is 5.92. The maximum atomic E-state index is 12.9. The fraction of sp³-hybridized carbons (Fsp3) is 0.500. The summed E-state index contributed by atoms with van der Waals surface area (Å²) in [6.07, 6.45) is 1.46. The number of nitrogens with zero attached hydrogens (tertiary/aromatic N) is 5. The second-order valence-electron chi connectivity index (χ2n) is 6.68. The van der Waals surface area contributed by atoms with Gasteiger partial charge >= 0.3 is 0 Å². The first kappa shape index (κ1) is 17.4. The van der Waals surface area contributed by atoms with Crippen LogP contribution in [-0.2, 0) is 4.74 Å². The maximum absolute atomic E-state index is 12.9.